The van der Waals surface area contributed by atoms with Gasteiger partial charge in [-0.25, -0.2) is 14.8 Å². The van der Waals surface area contributed by atoms with E-state index in [1.165, 1.54) is 24.3 Å². The zero-order valence-electron chi connectivity index (χ0n) is 9.50. The van der Waals surface area contributed by atoms with Crippen molar-refractivity contribution in [3.05, 3.63) is 52.9 Å². The number of rotatable bonds is 3. The molecule has 2 heterocycles. The molecule has 96 valence electrons. The van der Waals surface area contributed by atoms with Crippen molar-refractivity contribution in [2.45, 2.75) is 0 Å². The predicted octanol–water partition coefficient (Wildman–Crippen LogP) is 2.08. The fourth-order valence-electron chi connectivity index (χ4n) is 1.34. The minimum Gasteiger partial charge on any atom is -0.477 e. The van der Waals surface area contributed by atoms with Crippen LogP contribution in [0.2, 0.25) is 5.15 Å². The molecule has 2 rings (SSSR count). The largest absolute Gasteiger partial charge is 0.477 e. The molecule has 0 saturated heterocycles. The highest BCUT2D eigenvalue weighted by Crippen LogP contribution is 2.09. The highest BCUT2D eigenvalue weighted by molar-refractivity contribution is 6.29. The van der Waals surface area contributed by atoms with Crippen molar-refractivity contribution in [2.75, 3.05) is 5.32 Å². The summed E-state index contributed by atoms with van der Waals surface area (Å²) in [6.45, 7) is 0. The van der Waals surface area contributed by atoms with Crippen molar-refractivity contribution >= 4 is 29.3 Å². The van der Waals surface area contributed by atoms with E-state index in [1.807, 2.05) is 0 Å². The summed E-state index contributed by atoms with van der Waals surface area (Å²) in [6, 6.07) is 8.91. The Morgan fingerprint density at radius 3 is 2.42 bits per heavy atom. The molecule has 0 bridgehead atoms. The summed E-state index contributed by atoms with van der Waals surface area (Å²) in [6.07, 6.45) is 0. The standard InChI is InChI=1S/C12H8ClN3O3/c13-9-5-1-3-7(14-9)11(17)16-10-6-2-4-8(15-10)12(18)19/h1-6H,(H,18,19)(H,15,16,17). The molecule has 0 aliphatic rings. The molecule has 19 heavy (non-hydrogen) atoms. The van der Waals surface area contributed by atoms with Gasteiger partial charge in [-0.15, -0.1) is 0 Å². The van der Waals surface area contributed by atoms with Crippen LogP contribution in [0.5, 0.6) is 0 Å². The van der Waals surface area contributed by atoms with Crippen molar-refractivity contribution in [1.82, 2.24) is 9.97 Å². The number of carbonyl (C=O) groups excluding carboxylic acids is 1. The molecule has 0 radical (unpaired) electrons. The highest BCUT2D eigenvalue weighted by Gasteiger charge is 2.10. The molecule has 0 fully saturated rings. The van der Waals surface area contributed by atoms with Gasteiger partial charge in [0.25, 0.3) is 5.91 Å². The summed E-state index contributed by atoms with van der Waals surface area (Å²) in [5, 5.41) is 11.4. The number of hydrogen-bond donors (Lipinski definition) is 2. The van der Waals surface area contributed by atoms with Crippen LogP contribution in [-0.2, 0) is 0 Å². The summed E-state index contributed by atoms with van der Waals surface area (Å²) in [4.78, 5) is 30.2. The first-order valence-corrected chi connectivity index (χ1v) is 5.58. The number of aromatic nitrogens is 2. The lowest BCUT2D eigenvalue weighted by Crippen LogP contribution is -2.15. The fourth-order valence-corrected chi connectivity index (χ4v) is 1.50. The lowest BCUT2D eigenvalue weighted by atomic mass is 10.3. The van der Waals surface area contributed by atoms with Crippen LogP contribution >= 0.6 is 11.6 Å². The molecule has 0 saturated carbocycles. The maximum Gasteiger partial charge on any atom is 0.354 e. The van der Waals surface area contributed by atoms with Crippen LogP contribution in [0.3, 0.4) is 0 Å². The topological polar surface area (TPSA) is 92.2 Å². The third-order valence-corrected chi connectivity index (χ3v) is 2.37. The number of carboxylic acids is 1. The van der Waals surface area contributed by atoms with Gasteiger partial charge in [-0.1, -0.05) is 23.7 Å². The van der Waals surface area contributed by atoms with E-state index in [-0.39, 0.29) is 22.4 Å². The molecule has 6 nitrogen and oxygen atoms in total. The number of carbonyl (C=O) groups is 2. The number of amides is 1. The third-order valence-electron chi connectivity index (χ3n) is 2.16. The average Bonchev–Trinajstić information content (AvgIpc) is 2.39. The number of anilines is 1. The number of nitrogens with zero attached hydrogens (tertiary/aromatic N) is 2. The zero-order chi connectivity index (χ0) is 13.8. The van der Waals surface area contributed by atoms with Crippen LogP contribution in [0.4, 0.5) is 5.82 Å². The van der Waals surface area contributed by atoms with Crippen molar-refractivity contribution in [3.63, 3.8) is 0 Å². The van der Waals surface area contributed by atoms with Gasteiger partial charge in [-0.05, 0) is 24.3 Å². The molecule has 0 spiro atoms. The Kier molecular flexibility index (Phi) is 3.72. The van der Waals surface area contributed by atoms with E-state index in [2.05, 4.69) is 15.3 Å². The molecule has 0 atom stereocenters. The zero-order valence-corrected chi connectivity index (χ0v) is 10.3. The van der Waals surface area contributed by atoms with Gasteiger partial charge >= 0.3 is 5.97 Å². The van der Waals surface area contributed by atoms with Gasteiger partial charge < -0.3 is 10.4 Å². The Labute approximate surface area is 113 Å². The summed E-state index contributed by atoms with van der Waals surface area (Å²) < 4.78 is 0. The number of halogens is 1. The molecule has 0 aromatic carbocycles. The maximum atomic E-state index is 11.8. The van der Waals surface area contributed by atoms with Crippen molar-refractivity contribution < 1.29 is 14.7 Å². The van der Waals surface area contributed by atoms with Crippen molar-refractivity contribution in [2.24, 2.45) is 0 Å². The van der Waals surface area contributed by atoms with Crippen LogP contribution in [-0.4, -0.2) is 27.0 Å². The first-order chi connectivity index (χ1) is 9.06. The first-order valence-electron chi connectivity index (χ1n) is 5.20. The second-order valence-electron chi connectivity index (χ2n) is 3.51. The SMILES string of the molecule is O=C(O)c1cccc(NC(=O)c2cccc(Cl)n2)n1. The Hall–Kier alpha value is -2.47. The van der Waals surface area contributed by atoms with Gasteiger partial charge in [0.1, 0.15) is 16.7 Å². The highest BCUT2D eigenvalue weighted by atomic mass is 35.5. The van der Waals surface area contributed by atoms with E-state index in [9.17, 15) is 9.59 Å². The van der Waals surface area contributed by atoms with Gasteiger partial charge in [0, 0.05) is 0 Å². The number of aromatic carboxylic acids is 1. The van der Waals surface area contributed by atoms with Crippen LogP contribution in [0.15, 0.2) is 36.4 Å². The molecule has 2 aromatic heterocycles. The number of pyridine rings is 2. The lowest BCUT2D eigenvalue weighted by Gasteiger charge is -2.04. The number of carboxylic acid groups (broad SMARTS) is 1. The van der Waals surface area contributed by atoms with Gasteiger partial charge in [0.2, 0.25) is 0 Å². The molecule has 0 aliphatic carbocycles. The van der Waals surface area contributed by atoms with Crippen LogP contribution in [0, 0.1) is 0 Å². The van der Waals surface area contributed by atoms with Crippen molar-refractivity contribution in [1.29, 1.82) is 0 Å². The Morgan fingerprint density at radius 2 is 1.74 bits per heavy atom. The van der Waals surface area contributed by atoms with Crippen LogP contribution in [0.1, 0.15) is 21.0 Å². The van der Waals surface area contributed by atoms with E-state index < -0.39 is 11.9 Å². The van der Waals surface area contributed by atoms with E-state index in [0.717, 1.165) is 0 Å². The third kappa shape index (κ3) is 3.26. The quantitative estimate of drug-likeness (QED) is 0.838. The van der Waals surface area contributed by atoms with E-state index in [0.29, 0.717) is 0 Å². The second kappa shape index (κ2) is 5.45. The van der Waals surface area contributed by atoms with Crippen molar-refractivity contribution in [3.8, 4) is 0 Å². The monoisotopic (exact) mass is 277 g/mol. The number of hydrogen-bond acceptors (Lipinski definition) is 4. The molecule has 1 amide bonds. The van der Waals surface area contributed by atoms with E-state index in [4.69, 9.17) is 16.7 Å². The molecule has 7 heteroatoms. The maximum absolute atomic E-state index is 11.8. The molecular formula is C12H8ClN3O3. The minimum absolute atomic E-state index is 0.120. The predicted molar refractivity (Wildman–Crippen MR) is 68.4 cm³/mol. The summed E-state index contributed by atoms with van der Waals surface area (Å²) in [5.74, 6) is -1.55. The van der Waals surface area contributed by atoms with Crippen LogP contribution < -0.4 is 5.32 Å². The summed E-state index contributed by atoms with van der Waals surface area (Å²) in [5.41, 5.74) is -0.0353. The molecule has 0 unspecified atom stereocenters. The van der Waals surface area contributed by atoms with E-state index >= 15 is 0 Å². The molecular weight excluding hydrogens is 270 g/mol. The first kappa shape index (κ1) is 13.0. The molecule has 2 N–H and O–H groups in total. The van der Waals surface area contributed by atoms with Crippen LogP contribution in [0.25, 0.3) is 0 Å². The van der Waals surface area contributed by atoms with Gasteiger partial charge in [0.05, 0.1) is 0 Å². The van der Waals surface area contributed by atoms with E-state index in [1.54, 1.807) is 12.1 Å². The number of nitrogens with one attached hydrogen (secondary N) is 1. The van der Waals surface area contributed by atoms with Gasteiger partial charge in [-0.3, -0.25) is 4.79 Å². The van der Waals surface area contributed by atoms with Gasteiger partial charge in [0.15, 0.2) is 5.69 Å². The Morgan fingerprint density at radius 1 is 1.05 bits per heavy atom. The Bertz CT molecular complexity index is 646. The molecule has 0 aliphatic heterocycles. The fraction of sp³-hybridized carbons (Fsp3) is 0. The normalized spacial score (nSPS) is 9.95. The molecule has 2 aromatic rings. The lowest BCUT2D eigenvalue weighted by molar-refractivity contribution is 0.0690. The summed E-state index contributed by atoms with van der Waals surface area (Å²) in [7, 11) is 0. The van der Waals surface area contributed by atoms with Gasteiger partial charge in [-0.2, -0.15) is 0 Å². The average molecular weight is 278 g/mol. The smallest absolute Gasteiger partial charge is 0.354 e. The minimum atomic E-state index is -1.17. The Balaban J connectivity index is 2.19. The summed E-state index contributed by atoms with van der Waals surface area (Å²) >= 11 is 5.67. The second-order valence-corrected chi connectivity index (χ2v) is 3.90.